The predicted octanol–water partition coefficient (Wildman–Crippen LogP) is 4.81. The van der Waals surface area contributed by atoms with Crippen molar-refractivity contribution in [3.8, 4) is 5.69 Å². The lowest BCUT2D eigenvalue weighted by molar-refractivity contribution is 0.719. The van der Waals surface area contributed by atoms with Crippen LogP contribution in [0.3, 0.4) is 0 Å². The molecule has 0 atom stereocenters. The Morgan fingerprint density at radius 1 is 0.656 bits per heavy atom. The fourth-order valence-corrected chi connectivity index (χ4v) is 8.22. The number of aromatic nitrogens is 4. The van der Waals surface area contributed by atoms with Crippen LogP contribution in [0.25, 0.3) is 5.69 Å². The van der Waals surface area contributed by atoms with E-state index < -0.39 is 7.26 Å². The van der Waals surface area contributed by atoms with Crippen LogP contribution in [0, 0.1) is 0 Å². The molecule has 6 heteroatoms. The highest BCUT2D eigenvalue weighted by Gasteiger charge is 2.46. The minimum atomic E-state index is -2.07. The summed E-state index contributed by atoms with van der Waals surface area (Å²) in [6.07, 6.45) is 0.672. The second kappa shape index (κ2) is 9.04. The number of hydrogen-bond donors (Lipinski definition) is 0. The molecular weight excluding hydrogens is 435 g/mol. The average Bonchev–Trinajstić information content (AvgIpc) is 3.33. The number of rotatable bonds is 6. The standard InChI is InChI=1S/C26H21ClN4P/c27-21-11-10-12-22(19-21)31-29-26(28-30-31)20-32(23-13-4-1-5-14-23,24-15-6-2-7-16-24)25-17-8-3-9-18-25/h1-19H,20H2/q+1. The molecule has 32 heavy (non-hydrogen) atoms. The smallest absolute Gasteiger partial charge is 0.131 e. The van der Waals surface area contributed by atoms with Crippen molar-refractivity contribution in [2.75, 3.05) is 0 Å². The van der Waals surface area contributed by atoms with Crippen molar-refractivity contribution in [3.63, 3.8) is 0 Å². The zero-order valence-corrected chi connectivity index (χ0v) is 18.9. The molecule has 0 spiro atoms. The van der Waals surface area contributed by atoms with E-state index in [-0.39, 0.29) is 0 Å². The third kappa shape index (κ3) is 3.95. The Bertz CT molecular complexity index is 1210. The van der Waals surface area contributed by atoms with Crippen molar-refractivity contribution >= 4 is 34.8 Å². The van der Waals surface area contributed by atoms with Crippen LogP contribution in [0.5, 0.6) is 0 Å². The van der Waals surface area contributed by atoms with Crippen LogP contribution in [0.4, 0.5) is 0 Å². The maximum Gasteiger partial charge on any atom is 0.213 e. The summed E-state index contributed by atoms with van der Waals surface area (Å²) < 4.78 is 0. The second-order valence-corrected chi connectivity index (χ2v) is 11.4. The molecule has 0 aliphatic carbocycles. The lowest BCUT2D eigenvalue weighted by Gasteiger charge is -2.26. The van der Waals surface area contributed by atoms with Crippen molar-refractivity contribution in [2.45, 2.75) is 6.16 Å². The Hall–Kier alpha value is -3.33. The molecule has 4 aromatic carbocycles. The summed E-state index contributed by atoms with van der Waals surface area (Å²) in [6.45, 7) is 0. The zero-order chi connectivity index (χ0) is 21.8. The monoisotopic (exact) mass is 455 g/mol. The summed E-state index contributed by atoms with van der Waals surface area (Å²) in [5.41, 5.74) is 0.791. The van der Waals surface area contributed by atoms with Gasteiger partial charge in [0.15, 0.2) is 0 Å². The van der Waals surface area contributed by atoms with Gasteiger partial charge in [-0.15, -0.1) is 15.0 Å². The van der Waals surface area contributed by atoms with Gasteiger partial charge in [0.1, 0.15) is 29.3 Å². The molecule has 0 fully saturated rings. The first-order valence-corrected chi connectivity index (χ1v) is 12.7. The van der Waals surface area contributed by atoms with Crippen LogP contribution in [0.2, 0.25) is 5.02 Å². The lowest BCUT2D eigenvalue weighted by Crippen LogP contribution is -2.32. The molecule has 0 unspecified atom stereocenters. The van der Waals surface area contributed by atoms with Crippen molar-refractivity contribution in [3.05, 3.63) is 126 Å². The van der Waals surface area contributed by atoms with E-state index in [2.05, 4.69) is 101 Å². The summed E-state index contributed by atoms with van der Waals surface area (Å²) in [5, 5.41) is 18.0. The third-order valence-electron chi connectivity index (χ3n) is 5.46. The van der Waals surface area contributed by atoms with E-state index in [1.165, 1.54) is 15.9 Å². The Labute approximate surface area is 192 Å². The number of hydrogen-bond acceptors (Lipinski definition) is 3. The number of benzene rings is 4. The van der Waals surface area contributed by atoms with Crippen LogP contribution in [-0.4, -0.2) is 20.2 Å². The minimum Gasteiger partial charge on any atom is -0.131 e. The van der Waals surface area contributed by atoms with Gasteiger partial charge in [0.25, 0.3) is 0 Å². The highest BCUT2D eigenvalue weighted by atomic mass is 35.5. The zero-order valence-electron chi connectivity index (χ0n) is 17.3. The first-order chi connectivity index (χ1) is 15.8. The van der Waals surface area contributed by atoms with Gasteiger partial charge in [-0.2, -0.15) is 0 Å². The maximum absolute atomic E-state index is 6.16. The van der Waals surface area contributed by atoms with E-state index in [9.17, 15) is 0 Å². The molecular formula is C26H21ClN4P+. The van der Waals surface area contributed by atoms with Crippen LogP contribution in [-0.2, 0) is 6.16 Å². The van der Waals surface area contributed by atoms with E-state index >= 15 is 0 Å². The predicted molar refractivity (Wildman–Crippen MR) is 133 cm³/mol. The quantitative estimate of drug-likeness (QED) is 0.345. The summed E-state index contributed by atoms with van der Waals surface area (Å²) in [6, 6.07) is 39.6. The third-order valence-corrected chi connectivity index (χ3v) is 10.00. The van der Waals surface area contributed by atoms with E-state index in [0.717, 1.165) is 5.69 Å². The van der Waals surface area contributed by atoms with E-state index in [1.807, 2.05) is 24.3 Å². The average molecular weight is 456 g/mol. The molecule has 0 radical (unpaired) electrons. The van der Waals surface area contributed by atoms with E-state index in [1.54, 1.807) is 4.80 Å². The SMILES string of the molecule is Clc1cccc(-n2nnc(C[P+](c3ccccc3)(c3ccccc3)c3ccccc3)n2)c1. The van der Waals surface area contributed by atoms with Gasteiger partial charge < -0.3 is 0 Å². The normalized spacial score (nSPS) is 11.4. The van der Waals surface area contributed by atoms with Gasteiger partial charge >= 0.3 is 0 Å². The molecule has 0 amide bonds. The van der Waals surface area contributed by atoms with Gasteiger partial charge in [-0.25, -0.2) is 0 Å². The number of nitrogens with zero attached hydrogens (tertiary/aromatic N) is 4. The molecule has 4 nitrogen and oxygen atoms in total. The second-order valence-electron chi connectivity index (χ2n) is 7.45. The van der Waals surface area contributed by atoms with Crippen LogP contribution in [0.15, 0.2) is 115 Å². The molecule has 0 bridgehead atoms. The largest absolute Gasteiger partial charge is 0.213 e. The molecule has 1 heterocycles. The highest BCUT2D eigenvalue weighted by Crippen LogP contribution is 2.57. The Kier molecular flexibility index (Phi) is 5.81. The van der Waals surface area contributed by atoms with Gasteiger partial charge in [-0.3, -0.25) is 0 Å². The van der Waals surface area contributed by atoms with Gasteiger partial charge in [-0.1, -0.05) is 72.3 Å². The summed E-state index contributed by atoms with van der Waals surface area (Å²) in [4.78, 5) is 1.55. The molecule has 0 saturated carbocycles. The topological polar surface area (TPSA) is 43.6 Å². The Balaban J connectivity index is 1.67. The molecule has 1 aromatic heterocycles. The molecule has 0 aliphatic heterocycles. The first kappa shape index (κ1) is 20.6. The Morgan fingerprint density at radius 3 is 1.69 bits per heavy atom. The Morgan fingerprint density at radius 2 is 1.19 bits per heavy atom. The van der Waals surface area contributed by atoms with Gasteiger partial charge in [-0.05, 0) is 59.8 Å². The maximum atomic E-state index is 6.16. The van der Waals surface area contributed by atoms with Crippen LogP contribution in [0.1, 0.15) is 5.82 Å². The van der Waals surface area contributed by atoms with Crippen molar-refractivity contribution in [1.29, 1.82) is 0 Å². The van der Waals surface area contributed by atoms with Crippen molar-refractivity contribution in [1.82, 2.24) is 20.2 Å². The summed E-state index contributed by atoms with van der Waals surface area (Å²) >= 11 is 6.16. The van der Waals surface area contributed by atoms with E-state index in [0.29, 0.717) is 17.0 Å². The highest BCUT2D eigenvalue weighted by molar-refractivity contribution is 7.95. The van der Waals surface area contributed by atoms with Crippen molar-refractivity contribution < 1.29 is 0 Å². The fraction of sp³-hybridized carbons (Fsp3) is 0.0385. The van der Waals surface area contributed by atoms with Gasteiger partial charge in [0.2, 0.25) is 5.82 Å². The molecule has 0 saturated heterocycles. The number of tetrazole rings is 1. The summed E-state index contributed by atoms with van der Waals surface area (Å²) in [5.74, 6) is 0.704. The fourth-order valence-electron chi connectivity index (χ4n) is 4.00. The van der Waals surface area contributed by atoms with Crippen molar-refractivity contribution in [2.24, 2.45) is 0 Å². The lowest BCUT2D eigenvalue weighted by atomic mass is 10.3. The summed E-state index contributed by atoms with van der Waals surface area (Å²) in [7, 11) is -2.07. The molecule has 0 N–H and O–H groups in total. The molecule has 5 aromatic rings. The van der Waals surface area contributed by atoms with Crippen LogP contribution >= 0.6 is 18.9 Å². The number of halogens is 1. The minimum absolute atomic E-state index is 0.640. The molecule has 5 rings (SSSR count). The van der Waals surface area contributed by atoms with Gasteiger partial charge in [0.05, 0.1) is 5.69 Å². The first-order valence-electron chi connectivity index (χ1n) is 10.4. The van der Waals surface area contributed by atoms with E-state index in [4.69, 9.17) is 16.7 Å². The van der Waals surface area contributed by atoms with Crippen LogP contribution < -0.4 is 15.9 Å². The van der Waals surface area contributed by atoms with Gasteiger partial charge in [0, 0.05) is 5.02 Å². The molecule has 156 valence electrons. The molecule has 0 aliphatic rings.